The second kappa shape index (κ2) is 6.34. The smallest absolute Gasteiger partial charge is 0.319 e. The Bertz CT molecular complexity index is 539. The van der Waals surface area contributed by atoms with Crippen LogP contribution < -0.4 is 10.6 Å². The predicted octanol–water partition coefficient (Wildman–Crippen LogP) is 1.67. The SMILES string of the molecule is CN=S(C)(=O)CCNC(=O)Nc1ccccc1F. The fourth-order valence-electron chi connectivity index (χ4n) is 1.17. The van der Waals surface area contributed by atoms with Crippen molar-refractivity contribution in [2.45, 2.75) is 0 Å². The minimum atomic E-state index is -2.24. The van der Waals surface area contributed by atoms with Gasteiger partial charge in [-0.2, -0.15) is 0 Å². The highest BCUT2D eigenvalue weighted by molar-refractivity contribution is 7.92. The number of urea groups is 1. The Morgan fingerprint density at radius 2 is 2.11 bits per heavy atom. The number of halogens is 1. The van der Waals surface area contributed by atoms with Gasteiger partial charge in [-0.1, -0.05) is 12.1 Å². The molecule has 0 saturated carbocycles. The fourth-order valence-corrected chi connectivity index (χ4v) is 1.84. The van der Waals surface area contributed by atoms with Crippen molar-refractivity contribution in [3.8, 4) is 0 Å². The van der Waals surface area contributed by atoms with Crippen molar-refractivity contribution in [1.82, 2.24) is 5.32 Å². The summed E-state index contributed by atoms with van der Waals surface area (Å²) in [7, 11) is -0.764. The molecule has 100 valence electrons. The first-order valence-electron chi connectivity index (χ1n) is 5.32. The lowest BCUT2D eigenvalue weighted by Gasteiger charge is -2.08. The van der Waals surface area contributed by atoms with Gasteiger partial charge in [0.05, 0.1) is 5.69 Å². The maximum absolute atomic E-state index is 13.2. The number of carbonyl (C=O) groups excluding carboxylic acids is 1. The van der Waals surface area contributed by atoms with Gasteiger partial charge in [0.25, 0.3) is 0 Å². The van der Waals surface area contributed by atoms with Gasteiger partial charge in [-0.15, -0.1) is 0 Å². The maximum Gasteiger partial charge on any atom is 0.319 e. The summed E-state index contributed by atoms with van der Waals surface area (Å²) in [5.41, 5.74) is 0.104. The highest BCUT2D eigenvalue weighted by Crippen LogP contribution is 2.11. The van der Waals surface area contributed by atoms with E-state index in [0.717, 1.165) is 0 Å². The Balaban J connectivity index is 2.44. The normalized spacial score (nSPS) is 13.5. The van der Waals surface area contributed by atoms with E-state index in [1.807, 2.05) is 0 Å². The van der Waals surface area contributed by atoms with Gasteiger partial charge >= 0.3 is 6.03 Å². The summed E-state index contributed by atoms with van der Waals surface area (Å²) in [4.78, 5) is 11.4. The van der Waals surface area contributed by atoms with Gasteiger partial charge in [0.15, 0.2) is 0 Å². The molecule has 18 heavy (non-hydrogen) atoms. The van der Waals surface area contributed by atoms with Crippen LogP contribution in [0.15, 0.2) is 28.6 Å². The van der Waals surface area contributed by atoms with Crippen molar-refractivity contribution in [2.24, 2.45) is 4.36 Å². The van der Waals surface area contributed by atoms with Crippen molar-refractivity contribution < 1.29 is 13.4 Å². The van der Waals surface area contributed by atoms with E-state index >= 15 is 0 Å². The van der Waals surface area contributed by atoms with Gasteiger partial charge < -0.3 is 10.6 Å². The molecule has 1 aromatic carbocycles. The molecule has 1 unspecified atom stereocenters. The number of rotatable bonds is 4. The van der Waals surface area contributed by atoms with Gasteiger partial charge in [0, 0.05) is 35.3 Å². The zero-order valence-electron chi connectivity index (χ0n) is 10.3. The van der Waals surface area contributed by atoms with Gasteiger partial charge in [-0.3, -0.25) is 0 Å². The van der Waals surface area contributed by atoms with Crippen LogP contribution in [0.25, 0.3) is 0 Å². The molecule has 0 aliphatic carbocycles. The topological polar surface area (TPSA) is 70.6 Å². The third-order valence-corrected chi connectivity index (χ3v) is 4.01. The standard InChI is InChI=1S/C11H16FN3O2S/c1-13-18(2,17)8-7-14-11(16)15-10-6-4-3-5-9(10)12/h3-6H,7-8H2,1-2H3,(H2,14,15,16). The summed E-state index contributed by atoms with van der Waals surface area (Å²) in [6.45, 7) is 0.215. The molecule has 7 heteroatoms. The second-order valence-electron chi connectivity index (χ2n) is 3.71. The van der Waals surface area contributed by atoms with Crippen molar-refractivity contribution in [2.75, 3.05) is 30.9 Å². The van der Waals surface area contributed by atoms with Crippen LogP contribution >= 0.6 is 0 Å². The lowest BCUT2D eigenvalue weighted by molar-refractivity contribution is 0.252. The quantitative estimate of drug-likeness (QED) is 0.876. The Kier molecular flexibility index (Phi) is 5.08. The molecule has 0 aliphatic rings. The van der Waals surface area contributed by atoms with E-state index < -0.39 is 21.6 Å². The number of nitrogens with one attached hydrogen (secondary N) is 2. The number of anilines is 1. The average Bonchev–Trinajstić information content (AvgIpc) is 2.32. The first kappa shape index (κ1) is 14.4. The highest BCUT2D eigenvalue weighted by atomic mass is 32.2. The molecule has 0 aliphatic heterocycles. The fraction of sp³-hybridized carbons (Fsp3) is 0.364. The van der Waals surface area contributed by atoms with Gasteiger partial charge in [0.2, 0.25) is 0 Å². The molecule has 1 atom stereocenters. The number of benzene rings is 1. The monoisotopic (exact) mass is 273 g/mol. The molecule has 1 rings (SSSR count). The van der Waals surface area contributed by atoms with Gasteiger partial charge in [-0.05, 0) is 12.1 Å². The Morgan fingerprint density at radius 3 is 2.72 bits per heavy atom. The molecule has 0 aromatic heterocycles. The molecule has 2 amide bonds. The van der Waals surface area contributed by atoms with E-state index in [-0.39, 0.29) is 18.0 Å². The summed E-state index contributed by atoms with van der Waals surface area (Å²) < 4.78 is 28.5. The number of hydrogen-bond donors (Lipinski definition) is 2. The minimum Gasteiger partial charge on any atom is -0.337 e. The van der Waals surface area contributed by atoms with Crippen molar-refractivity contribution in [1.29, 1.82) is 0 Å². The third-order valence-electron chi connectivity index (χ3n) is 2.27. The van der Waals surface area contributed by atoms with E-state index in [1.165, 1.54) is 31.5 Å². The zero-order valence-corrected chi connectivity index (χ0v) is 11.1. The van der Waals surface area contributed by atoms with Crippen LogP contribution in [0.3, 0.4) is 0 Å². The summed E-state index contributed by atoms with van der Waals surface area (Å²) in [6.07, 6.45) is 1.52. The first-order chi connectivity index (χ1) is 8.44. The highest BCUT2D eigenvalue weighted by Gasteiger charge is 2.06. The van der Waals surface area contributed by atoms with Crippen LogP contribution in [0.4, 0.5) is 14.9 Å². The largest absolute Gasteiger partial charge is 0.337 e. The van der Waals surface area contributed by atoms with Crippen molar-refractivity contribution in [3.63, 3.8) is 0 Å². The molecule has 0 saturated heterocycles. The second-order valence-corrected chi connectivity index (χ2v) is 6.40. The summed E-state index contributed by atoms with van der Waals surface area (Å²) in [6, 6.07) is 5.33. The first-order valence-corrected chi connectivity index (χ1v) is 7.41. The van der Waals surface area contributed by atoms with Crippen LogP contribution in [0.5, 0.6) is 0 Å². The van der Waals surface area contributed by atoms with E-state index in [1.54, 1.807) is 6.07 Å². The van der Waals surface area contributed by atoms with E-state index in [2.05, 4.69) is 15.0 Å². The molecule has 0 radical (unpaired) electrons. The van der Waals surface area contributed by atoms with E-state index in [0.29, 0.717) is 0 Å². The molecule has 5 nitrogen and oxygen atoms in total. The molecular weight excluding hydrogens is 257 g/mol. The van der Waals surface area contributed by atoms with Gasteiger partial charge in [-0.25, -0.2) is 17.8 Å². The van der Waals surface area contributed by atoms with E-state index in [4.69, 9.17) is 0 Å². The summed E-state index contributed by atoms with van der Waals surface area (Å²) in [5.74, 6) is -0.246. The molecule has 0 bridgehead atoms. The van der Waals surface area contributed by atoms with Crippen LogP contribution in [0.1, 0.15) is 0 Å². The molecule has 0 spiro atoms. The van der Waals surface area contributed by atoms with Crippen molar-refractivity contribution >= 4 is 21.4 Å². The zero-order chi connectivity index (χ0) is 13.6. The van der Waals surface area contributed by atoms with Crippen molar-refractivity contribution in [3.05, 3.63) is 30.1 Å². The summed E-state index contributed by atoms with van der Waals surface area (Å²) >= 11 is 0. The number of carbonyl (C=O) groups is 1. The van der Waals surface area contributed by atoms with Crippen LogP contribution in [0, 0.1) is 5.82 Å². The minimum absolute atomic E-state index is 0.104. The average molecular weight is 273 g/mol. The number of amides is 2. The van der Waals surface area contributed by atoms with Crippen LogP contribution in [-0.4, -0.2) is 35.8 Å². The Morgan fingerprint density at radius 1 is 1.44 bits per heavy atom. The number of hydrogen-bond acceptors (Lipinski definition) is 3. The third kappa shape index (κ3) is 4.70. The number of para-hydroxylation sites is 1. The predicted molar refractivity (Wildman–Crippen MR) is 70.7 cm³/mol. The summed E-state index contributed by atoms with van der Waals surface area (Å²) in [5, 5.41) is 4.86. The Labute approximate surface area is 106 Å². The van der Waals surface area contributed by atoms with Gasteiger partial charge in [0.1, 0.15) is 5.82 Å². The Hall–Kier alpha value is -1.63. The van der Waals surface area contributed by atoms with E-state index in [9.17, 15) is 13.4 Å². The lowest BCUT2D eigenvalue weighted by atomic mass is 10.3. The lowest BCUT2D eigenvalue weighted by Crippen LogP contribution is -2.32. The maximum atomic E-state index is 13.2. The van der Waals surface area contributed by atoms with Crippen LogP contribution in [0.2, 0.25) is 0 Å². The molecule has 0 heterocycles. The molecule has 1 aromatic rings. The number of nitrogens with zero attached hydrogens (tertiary/aromatic N) is 1. The van der Waals surface area contributed by atoms with Crippen LogP contribution in [-0.2, 0) is 9.73 Å². The molecule has 0 fully saturated rings. The molecule has 2 N–H and O–H groups in total. The molecular formula is C11H16FN3O2S.